The molecule has 0 unspecified atom stereocenters. The molecule has 0 radical (unpaired) electrons. The van der Waals surface area contributed by atoms with Crippen LogP contribution in [0.25, 0.3) is 10.9 Å². The highest BCUT2D eigenvalue weighted by Gasteiger charge is 2.22. The maximum absolute atomic E-state index is 12.4. The zero-order chi connectivity index (χ0) is 13.4. The van der Waals surface area contributed by atoms with E-state index in [0.29, 0.717) is 27.3 Å². The number of carbonyl (C=O) groups excluding carboxylic acids is 1. The standard InChI is InChI=1S/C13H13ClN4O/c14-10-5-9-11(16-7-17-12(9)15)6-8(10)13(19)18-3-1-2-4-18/h5-7H,1-4H2,(H2,15,16,17). The van der Waals surface area contributed by atoms with Crippen LogP contribution >= 0.6 is 11.6 Å². The van der Waals surface area contributed by atoms with Gasteiger partial charge in [-0.05, 0) is 25.0 Å². The van der Waals surface area contributed by atoms with Gasteiger partial charge in [0.2, 0.25) is 0 Å². The summed E-state index contributed by atoms with van der Waals surface area (Å²) in [6.45, 7) is 1.58. The minimum atomic E-state index is -0.0402. The summed E-state index contributed by atoms with van der Waals surface area (Å²) in [4.78, 5) is 22.2. The number of nitrogen functional groups attached to an aromatic ring is 1. The van der Waals surface area contributed by atoms with Crippen LogP contribution in [0.4, 0.5) is 5.82 Å². The number of rotatable bonds is 1. The van der Waals surface area contributed by atoms with E-state index in [9.17, 15) is 4.79 Å². The fourth-order valence-electron chi connectivity index (χ4n) is 2.35. The van der Waals surface area contributed by atoms with Crippen molar-refractivity contribution in [1.29, 1.82) is 0 Å². The number of anilines is 1. The Morgan fingerprint density at radius 1 is 1.26 bits per heavy atom. The number of aromatic nitrogens is 2. The Morgan fingerprint density at radius 3 is 2.74 bits per heavy atom. The molecule has 3 rings (SSSR count). The number of nitrogens with zero attached hydrogens (tertiary/aromatic N) is 3. The fraction of sp³-hybridized carbons (Fsp3) is 0.308. The van der Waals surface area contributed by atoms with Gasteiger partial charge in [-0.25, -0.2) is 9.97 Å². The molecule has 5 nitrogen and oxygen atoms in total. The van der Waals surface area contributed by atoms with Gasteiger partial charge in [0.15, 0.2) is 0 Å². The van der Waals surface area contributed by atoms with E-state index in [1.807, 2.05) is 4.90 Å². The largest absolute Gasteiger partial charge is 0.383 e. The highest BCUT2D eigenvalue weighted by atomic mass is 35.5. The lowest BCUT2D eigenvalue weighted by Crippen LogP contribution is -2.27. The van der Waals surface area contributed by atoms with Crippen molar-refractivity contribution in [2.45, 2.75) is 12.8 Å². The first-order valence-corrected chi connectivity index (χ1v) is 6.53. The molecule has 1 saturated heterocycles. The molecule has 1 aromatic carbocycles. The Morgan fingerprint density at radius 2 is 2.00 bits per heavy atom. The monoisotopic (exact) mass is 276 g/mol. The van der Waals surface area contributed by atoms with Crippen molar-refractivity contribution in [2.24, 2.45) is 0 Å². The third-order valence-corrected chi connectivity index (χ3v) is 3.69. The van der Waals surface area contributed by atoms with Crippen molar-refractivity contribution in [1.82, 2.24) is 14.9 Å². The van der Waals surface area contributed by atoms with Crippen LogP contribution in [-0.4, -0.2) is 33.9 Å². The Balaban J connectivity index is 2.08. The Hall–Kier alpha value is -1.88. The smallest absolute Gasteiger partial charge is 0.255 e. The topological polar surface area (TPSA) is 72.1 Å². The van der Waals surface area contributed by atoms with Crippen molar-refractivity contribution < 1.29 is 4.79 Å². The second kappa shape index (κ2) is 4.66. The van der Waals surface area contributed by atoms with Crippen LogP contribution in [0.3, 0.4) is 0 Å². The first-order valence-electron chi connectivity index (χ1n) is 6.16. The lowest BCUT2D eigenvalue weighted by Gasteiger charge is -2.16. The van der Waals surface area contributed by atoms with Gasteiger partial charge in [-0.3, -0.25) is 4.79 Å². The summed E-state index contributed by atoms with van der Waals surface area (Å²) in [6.07, 6.45) is 3.48. The number of amides is 1. The van der Waals surface area contributed by atoms with E-state index in [4.69, 9.17) is 17.3 Å². The molecule has 98 valence electrons. The number of nitrogens with two attached hydrogens (primary N) is 1. The number of carbonyl (C=O) groups is 1. The van der Waals surface area contributed by atoms with Gasteiger partial charge in [-0.2, -0.15) is 0 Å². The summed E-state index contributed by atoms with van der Waals surface area (Å²) in [7, 11) is 0. The SMILES string of the molecule is Nc1ncnc2cc(C(=O)N3CCCC3)c(Cl)cc12. The molecule has 2 heterocycles. The van der Waals surface area contributed by atoms with Gasteiger partial charge in [-0.1, -0.05) is 11.6 Å². The summed E-state index contributed by atoms with van der Waals surface area (Å²) >= 11 is 6.19. The van der Waals surface area contributed by atoms with Crippen molar-refractivity contribution in [3.05, 3.63) is 29.0 Å². The van der Waals surface area contributed by atoms with E-state index in [-0.39, 0.29) is 5.91 Å². The van der Waals surface area contributed by atoms with Crippen molar-refractivity contribution in [3.63, 3.8) is 0 Å². The van der Waals surface area contributed by atoms with Gasteiger partial charge < -0.3 is 10.6 Å². The molecule has 19 heavy (non-hydrogen) atoms. The molecule has 1 aliphatic rings. The van der Waals surface area contributed by atoms with E-state index in [0.717, 1.165) is 25.9 Å². The molecule has 0 atom stereocenters. The average molecular weight is 277 g/mol. The van der Waals surface area contributed by atoms with Crippen LogP contribution in [0.2, 0.25) is 5.02 Å². The van der Waals surface area contributed by atoms with Crippen molar-refractivity contribution >= 4 is 34.2 Å². The molecule has 2 aromatic rings. The Labute approximate surface area is 115 Å². The minimum Gasteiger partial charge on any atom is -0.383 e. The third kappa shape index (κ3) is 2.10. The first-order chi connectivity index (χ1) is 9.16. The van der Waals surface area contributed by atoms with Crippen LogP contribution in [0.5, 0.6) is 0 Å². The first kappa shape index (κ1) is 12.2. The van der Waals surface area contributed by atoms with Gasteiger partial charge in [0.25, 0.3) is 5.91 Å². The highest BCUT2D eigenvalue weighted by molar-refractivity contribution is 6.34. The zero-order valence-electron chi connectivity index (χ0n) is 10.3. The second-order valence-electron chi connectivity index (χ2n) is 4.61. The molecule has 0 spiro atoms. The number of likely N-dealkylation sites (tertiary alicyclic amines) is 1. The quantitative estimate of drug-likeness (QED) is 0.866. The van der Waals surface area contributed by atoms with E-state index in [1.54, 1.807) is 12.1 Å². The summed E-state index contributed by atoms with van der Waals surface area (Å²) < 4.78 is 0. The van der Waals surface area contributed by atoms with E-state index in [1.165, 1.54) is 6.33 Å². The number of benzene rings is 1. The maximum atomic E-state index is 12.4. The molecule has 0 aliphatic carbocycles. The van der Waals surface area contributed by atoms with Crippen LogP contribution < -0.4 is 5.73 Å². The minimum absolute atomic E-state index is 0.0402. The van der Waals surface area contributed by atoms with Crippen LogP contribution in [0, 0.1) is 0 Å². The van der Waals surface area contributed by atoms with Crippen molar-refractivity contribution in [3.8, 4) is 0 Å². The molecule has 1 fully saturated rings. The lowest BCUT2D eigenvalue weighted by molar-refractivity contribution is 0.0793. The number of halogens is 1. The van der Waals surface area contributed by atoms with Crippen LogP contribution in [0.15, 0.2) is 18.5 Å². The molecular weight excluding hydrogens is 264 g/mol. The molecule has 1 amide bonds. The normalized spacial score (nSPS) is 15.1. The molecule has 6 heteroatoms. The number of hydrogen-bond acceptors (Lipinski definition) is 4. The Kier molecular flexibility index (Phi) is 2.98. The summed E-state index contributed by atoms with van der Waals surface area (Å²) in [5.41, 5.74) is 6.89. The van der Waals surface area contributed by atoms with Gasteiger partial charge >= 0.3 is 0 Å². The van der Waals surface area contributed by atoms with E-state index < -0.39 is 0 Å². The fourth-order valence-corrected chi connectivity index (χ4v) is 2.60. The van der Waals surface area contributed by atoms with Gasteiger partial charge in [-0.15, -0.1) is 0 Å². The molecule has 0 bridgehead atoms. The molecule has 1 aromatic heterocycles. The summed E-state index contributed by atoms with van der Waals surface area (Å²) in [6, 6.07) is 3.35. The average Bonchev–Trinajstić information content (AvgIpc) is 2.92. The van der Waals surface area contributed by atoms with E-state index >= 15 is 0 Å². The zero-order valence-corrected chi connectivity index (χ0v) is 11.0. The van der Waals surface area contributed by atoms with Gasteiger partial charge in [0.05, 0.1) is 16.1 Å². The summed E-state index contributed by atoms with van der Waals surface area (Å²) in [5.74, 6) is 0.327. The lowest BCUT2D eigenvalue weighted by atomic mass is 10.1. The number of hydrogen-bond donors (Lipinski definition) is 1. The van der Waals surface area contributed by atoms with Gasteiger partial charge in [0, 0.05) is 18.5 Å². The van der Waals surface area contributed by atoms with Crippen molar-refractivity contribution in [2.75, 3.05) is 18.8 Å². The predicted molar refractivity (Wildman–Crippen MR) is 74.1 cm³/mol. The van der Waals surface area contributed by atoms with Gasteiger partial charge in [0.1, 0.15) is 12.1 Å². The molecule has 2 N–H and O–H groups in total. The predicted octanol–water partition coefficient (Wildman–Crippen LogP) is 2.10. The van der Waals surface area contributed by atoms with Crippen LogP contribution in [-0.2, 0) is 0 Å². The molecule has 0 saturated carbocycles. The maximum Gasteiger partial charge on any atom is 0.255 e. The molecule has 1 aliphatic heterocycles. The van der Waals surface area contributed by atoms with Crippen LogP contribution in [0.1, 0.15) is 23.2 Å². The Bertz CT molecular complexity index is 652. The molecular formula is C13H13ClN4O. The van der Waals surface area contributed by atoms with E-state index in [2.05, 4.69) is 9.97 Å². The summed E-state index contributed by atoms with van der Waals surface area (Å²) in [5, 5.41) is 1.07. The highest BCUT2D eigenvalue weighted by Crippen LogP contribution is 2.27. The third-order valence-electron chi connectivity index (χ3n) is 3.38. The number of fused-ring (bicyclic) bond motifs is 1. The second-order valence-corrected chi connectivity index (χ2v) is 5.01.